The van der Waals surface area contributed by atoms with Gasteiger partial charge in [0.05, 0.1) is 24.4 Å². The van der Waals surface area contributed by atoms with E-state index in [0.29, 0.717) is 17.9 Å². The van der Waals surface area contributed by atoms with Gasteiger partial charge in [0.1, 0.15) is 12.1 Å². The molecule has 21 heavy (non-hydrogen) atoms. The van der Waals surface area contributed by atoms with Crippen molar-refractivity contribution in [3.8, 4) is 17.2 Å². The highest BCUT2D eigenvalue weighted by Crippen LogP contribution is 2.22. The minimum absolute atomic E-state index is 0.418. The summed E-state index contributed by atoms with van der Waals surface area (Å²) in [5, 5.41) is 13.4. The molecule has 0 atom stereocenters. The Morgan fingerprint density at radius 1 is 1.24 bits per heavy atom. The van der Waals surface area contributed by atoms with Crippen molar-refractivity contribution in [2.75, 3.05) is 5.73 Å². The summed E-state index contributed by atoms with van der Waals surface area (Å²) in [4.78, 5) is 7.93. The van der Waals surface area contributed by atoms with Gasteiger partial charge in [0.15, 0.2) is 0 Å². The third-order valence-corrected chi connectivity index (χ3v) is 3.16. The summed E-state index contributed by atoms with van der Waals surface area (Å²) in [6, 6.07) is 9.65. The first-order chi connectivity index (χ1) is 10.3. The number of nitrogens with zero attached hydrogens (tertiary/aromatic N) is 5. The zero-order valence-corrected chi connectivity index (χ0v) is 11.1. The smallest absolute Gasteiger partial charge is 0.134 e. The molecule has 0 amide bonds. The van der Waals surface area contributed by atoms with Crippen LogP contribution in [-0.4, -0.2) is 19.7 Å². The standard InChI is InChI=1S/C15H12N6/c16-5-11-3-1-2-4-12(11)8-21-9-13(6-20-21)14-7-18-10-19-15(14)17/h1-4,6-7,9-10H,8H2,(H2,17,18,19). The quantitative estimate of drug-likeness (QED) is 0.787. The molecule has 1 aromatic carbocycles. The Hall–Kier alpha value is -3.20. The van der Waals surface area contributed by atoms with E-state index in [2.05, 4.69) is 21.1 Å². The van der Waals surface area contributed by atoms with Gasteiger partial charge >= 0.3 is 0 Å². The van der Waals surface area contributed by atoms with Gasteiger partial charge in [-0.05, 0) is 11.6 Å². The van der Waals surface area contributed by atoms with Crippen LogP contribution in [0, 0.1) is 11.3 Å². The molecule has 0 saturated carbocycles. The Morgan fingerprint density at radius 3 is 2.90 bits per heavy atom. The second-order valence-electron chi connectivity index (χ2n) is 4.52. The lowest BCUT2D eigenvalue weighted by atomic mass is 10.1. The van der Waals surface area contributed by atoms with Crippen molar-refractivity contribution in [1.82, 2.24) is 19.7 Å². The van der Waals surface area contributed by atoms with Crippen molar-refractivity contribution >= 4 is 5.82 Å². The molecular weight excluding hydrogens is 264 g/mol. The minimum atomic E-state index is 0.418. The van der Waals surface area contributed by atoms with Crippen molar-refractivity contribution in [3.63, 3.8) is 0 Å². The molecule has 3 aromatic rings. The van der Waals surface area contributed by atoms with Gasteiger partial charge in [-0.1, -0.05) is 18.2 Å². The number of hydrogen-bond donors (Lipinski definition) is 1. The van der Waals surface area contributed by atoms with Crippen LogP contribution >= 0.6 is 0 Å². The molecule has 0 unspecified atom stereocenters. The second-order valence-corrected chi connectivity index (χ2v) is 4.52. The maximum Gasteiger partial charge on any atom is 0.134 e. The highest BCUT2D eigenvalue weighted by Gasteiger charge is 2.08. The summed E-state index contributed by atoms with van der Waals surface area (Å²) < 4.78 is 1.76. The van der Waals surface area contributed by atoms with Gasteiger partial charge in [0.25, 0.3) is 0 Å². The van der Waals surface area contributed by atoms with Gasteiger partial charge < -0.3 is 5.73 Å². The SMILES string of the molecule is N#Cc1ccccc1Cn1cc(-c2cncnc2N)cn1. The maximum absolute atomic E-state index is 9.10. The molecule has 0 aliphatic heterocycles. The molecule has 3 rings (SSSR count). The van der Waals surface area contributed by atoms with E-state index in [1.807, 2.05) is 24.4 Å². The number of nitrogen functional groups attached to an aromatic ring is 1. The molecule has 0 fully saturated rings. The normalized spacial score (nSPS) is 10.2. The molecule has 0 saturated heterocycles. The zero-order chi connectivity index (χ0) is 14.7. The van der Waals surface area contributed by atoms with Gasteiger partial charge in [-0.2, -0.15) is 10.4 Å². The Balaban J connectivity index is 1.90. The van der Waals surface area contributed by atoms with Crippen LogP contribution in [0.25, 0.3) is 11.1 Å². The van der Waals surface area contributed by atoms with Crippen molar-refractivity contribution in [1.29, 1.82) is 5.26 Å². The van der Waals surface area contributed by atoms with Gasteiger partial charge in [0.2, 0.25) is 0 Å². The summed E-state index contributed by atoms with van der Waals surface area (Å²) in [6.07, 6.45) is 6.65. The molecule has 102 valence electrons. The van der Waals surface area contributed by atoms with Crippen molar-refractivity contribution in [2.24, 2.45) is 0 Å². The van der Waals surface area contributed by atoms with E-state index in [4.69, 9.17) is 11.0 Å². The predicted molar refractivity (Wildman–Crippen MR) is 77.9 cm³/mol. The summed E-state index contributed by atoms with van der Waals surface area (Å²) in [5.41, 5.74) is 9.00. The Bertz CT molecular complexity index is 815. The minimum Gasteiger partial charge on any atom is -0.383 e. The molecule has 0 aliphatic rings. The third-order valence-electron chi connectivity index (χ3n) is 3.16. The number of aromatic nitrogens is 4. The van der Waals surface area contributed by atoms with Crippen LogP contribution in [0.15, 0.2) is 49.2 Å². The first-order valence-electron chi connectivity index (χ1n) is 6.34. The summed E-state index contributed by atoms with van der Waals surface area (Å²) in [5.74, 6) is 0.418. The highest BCUT2D eigenvalue weighted by atomic mass is 15.3. The molecule has 2 N–H and O–H groups in total. The van der Waals surface area contributed by atoms with Gasteiger partial charge in [0, 0.05) is 23.5 Å². The zero-order valence-electron chi connectivity index (χ0n) is 11.1. The lowest BCUT2D eigenvalue weighted by Gasteiger charge is -2.04. The van der Waals surface area contributed by atoms with E-state index in [1.165, 1.54) is 6.33 Å². The Labute approximate surface area is 121 Å². The number of benzene rings is 1. The maximum atomic E-state index is 9.10. The van der Waals surface area contributed by atoms with Crippen LogP contribution in [0.1, 0.15) is 11.1 Å². The van der Waals surface area contributed by atoms with E-state index in [0.717, 1.165) is 16.7 Å². The predicted octanol–water partition coefficient (Wildman–Crippen LogP) is 1.84. The molecule has 2 heterocycles. The van der Waals surface area contributed by atoms with Crippen LogP contribution < -0.4 is 5.73 Å². The summed E-state index contributed by atoms with van der Waals surface area (Å²) in [6.45, 7) is 0.525. The van der Waals surface area contributed by atoms with Gasteiger partial charge in [-0.3, -0.25) is 4.68 Å². The van der Waals surface area contributed by atoms with E-state index in [-0.39, 0.29) is 0 Å². The lowest BCUT2D eigenvalue weighted by molar-refractivity contribution is 0.686. The average Bonchev–Trinajstić information content (AvgIpc) is 2.96. The third kappa shape index (κ3) is 2.58. The molecular formula is C15H12N6. The van der Waals surface area contributed by atoms with E-state index >= 15 is 0 Å². The first kappa shape index (κ1) is 12.8. The second kappa shape index (κ2) is 5.43. The van der Waals surface area contributed by atoms with Crippen LogP contribution in [-0.2, 0) is 6.54 Å². The fraction of sp³-hybridized carbons (Fsp3) is 0.0667. The van der Waals surface area contributed by atoms with Crippen molar-refractivity contribution < 1.29 is 0 Å². The summed E-state index contributed by atoms with van der Waals surface area (Å²) in [7, 11) is 0. The fourth-order valence-electron chi connectivity index (χ4n) is 2.09. The monoisotopic (exact) mass is 276 g/mol. The van der Waals surface area contributed by atoms with Crippen LogP contribution in [0.3, 0.4) is 0 Å². The Morgan fingerprint density at radius 2 is 2.10 bits per heavy atom. The largest absolute Gasteiger partial charge is 0.383 e. The summed E-state index contributed by atoms with van der Waals surface area (Å²) >= 11 is 0. The molecule has 2 aromatic heterocycles. The van der Waals surface area contributed by atoms with Crippen LogP contribution in [0.2, 0.25) is 0 Å². The first-order valence-corrected chi connectivity index (χ1v) is 6.34. The molecule has 0 aliphatic carbocycles. The molecule has 6 nitrogen and oxygen atoms in total. The highest BCUT2D eigenvalue weighted by molar-refractivity contribution is 5.71. The van der Waals surface area contributed by atoms with Crippen molar-refractivity contribution in [2.45, 2.75) is 6.54 Å². The molecule has 0 radical (unpaired) electrons. The number of hydrogen-bond acceptors (Lipinski definition) is 5. The fourth-order valence-corrected chi connectivity index (χ4v) is 2.09. The van der Waals surface area contributed by atoms with E-state index < -0.39 is 0 Å². The number of anilines is 1. The van der Waals surface area contributed by atoms with E-state index in [9.17, 15) is 0 Å². The lowest BCUT2D eigenvalue weighted by Crippen LogP contribution is -2.01. The van der Waals surface area contributed by atoms with Crippen LogP contribution in [0.5, 0.6) is 0 Å². The van der Waals surface area contributed by atoms with E-state index in [1.54, 1.807) is 23.1 Å². The number of nitriles is 1. The molecule has 6 heteroatoms. The van der Waals surface area contributed by atoms with Crippen LogP contribution in [0.4, 0.5) is 5.82 Å². The van der Waals surface area contributed by atoms with Gasteiger partial charge in [-0.15, -0.1) is 0 Å². The number of rotatable bonds is 3. The number of nitrogens with two attached hydrogens (primary N) is 1. The van der Waals surface area contributed by atoms with Gasteiger partial charge in [-0.25, -0.2) is 9.97 Å². The topological polar surface area (TPSA) is 93.4 Å². The molecule has 0 bridgehead atoms. The average molecular weight is 276 g/mol. The Kier molecular flexibility index (Phi) is 3.31. The molecule has 0 spiro atoms. The van der Waals surface area contributed by atoms with Crippen molar-refractivity contribution in [3.05, 3.63) is 60.3 Å².